The number of alkyl carbamates (subject to hydrolysis) is 1. The number of H-pyrrole nitrogens is 1. The average Bonchev–Trinajstić information content (AvgIpc) is 2.81. The molecule has 22 heavy (non-hydrogen) atoms. The summed E-state index contributed by atoms with van der Waals surface area (Å²) < 4.78 is 5.37. The largest absolute Gasteiger partial charge is 0.444 e. The van der Waals surface area contributed by atoms with Crippen LogP contribution in [-0.4, -0.2) is 33.7 Å². The lowest BCUT2D eigenvalue weighted by atomic mass is 9.93. The van der Waals surface area contributed by atoms with Crippen LogP contribution in [0.5, 0.6) is 0 Å². The van der Waals surface area contributed by atoms with E-state index in [0.29, 0.717) is 13.1 Å². The summed E-state index contributed by atoms with van der Waals surface area (Å²) in [6.07, 6.45) is 2.98. The zero-order valence-electron chi connectivity index (χ0n) is 14.7. The van der Waals surface area contributed by atoms with Crippen LogP contribution < -0.4 is 10.6 Å². The fraction of sp³-hybridized carbons (Fsp3) is 0.750. The number of imidazole rings is 1. The van der Waals surface area contributed by atoms with E-state index in [1.165, 1.54) is 0 Å². The topological polar surface area (TPSA) is 79.0 Å². The summed E-state index contributed by atoms with van der Waals surface area (Å²) >= 11 is 0. The number of hydrogen-bond acceptors (Lipinski definition) is 4. The highest BCUT2D eigenvalue weighted by molar-refractivity contribution is 5.68. The zero-order chi connectivity index (χ0) is 16.8. The minimum absolute atomic E-state index is 0.313. The molecule has 126 valence electrons. The third-order valence-electron chi connectivity index (χ3n) is 3.81. The summed E-state index contributed by atoms with van der Waals surface area (Å²) in [6.45, 7) is 13.1. The molecule has 0 unspecified atom stereocenters. The monoisotopic (exact) mass is 310 g/mol. The van der Waals surface area contributed by atoms with Crippen molar-refractivity contribution in [2.24, 2.45) is 0 Å². The molecule has 0 fully saturated rings. The number of aromatic nitrogens is 2. The molecule has 6 nitrogen and oxygen atoms in total. The number of ether oxygens (including phenoxy) is 1. The van der Waals surface area contributed by atoms with Crippen molar-refractivity contribution >= 4 is 6.09 Å². The van der Waals surface area contributed by atoms with E-state index in [-0.39, 0.29) is 11.6 Å². The summed E-state index contributed by atoms with van der Waals surface area (Å²) in [5, 5.41) is 6.42. The fourth-order valence-electron chi connectivity index (χ4n) is 2.23. The molecule has 0 spiro atoms. The van der Waals surface area contributed by atoms with Gasteiger partial charge in [-0.15, -0.1) is 0 Å². The fourth-order valence-corrected chi connectivity index (χ4v) is 2.23. The molecule has 6 heteroatoms. The molecule has 1 aromatic heterocycles. The van der Waals surface area contributed by atoms with Crippen molar-refractivity contribution in [3.05, 3.63) is 17.7 Å². The lowest BCUT2D eigenvalue weighted by molar-refractivity contribution is 0.0446. The highest BCUT2D eigenvalue weighted by atomic mass is 16.6. The Hall–Kier alpha value is -1.56. The first-order valence-corrected chi connectivity index (χ1v) is 7.92. The second kappa shape index (κ2) is 7.63. The van der Waals surface area contributed by atoms with Gasteiger partial charge in [0.25, 0.3) is 0 Å². The molecule has 1 heterocycles. The minimum Gasteiger partial charge on any atom is -0.444 e. The van der Waals surface area contributed by atoms with Gasteiger partial charge < -0.3 is 20.4 Å². The van der Waals surface area contributed by atoms with Crippen molar-refractivity contribution < 1.29 is 9.53 Å². The minimum atomic E-state index is -0.489. The van der Waals surface area contributed by atoms with Gasteiger partial charge in [-0.1, -0.05) is 13.8 Å². The Morgan fingerprint density at radius 1 is 1.32 bits per heavy atom. The molecule has 0 saturated carbocycles. The molecule has 0 bridgehead atoms. The molecular weight excluding hydrogens is 280 g/mol. The molecule has 0 aliphatic carbocycles. The first-order valence-electron chi connectivity index (χ1n) is 7.92. The number of aromatic amines is 1. The summed E-state index contributed by atoms with van der Waals surface area (Å²) in [6, 6.07) is 0. The molecule has 1 amide bonds. The molecule has 0 saturated heterocycles. The van der Waals surface area contributed by atoms with E-state index < -0.39 is 5.60 Å². The Morgan fingerprint density at radius 3 is 2.41 bits per heavy atom. The molecule has 0 atom stereocenters. The molecule has 1 rings (SSSR count). The Bertz CT molecular complexity index is 473. The van der Waals surface area contributed by atoms with Crippen molar-refractivity contribution in [1.82, 2.24) is 20.6 Å². The molecule has 1 aromatic rings. The van der Waals surface area contributed by atoms with Crippen molar-refractivity contribution in [3.63, 3.8) is 0 Å². The highest BCUT2D eigenvalue weighted by Gasteiger charge is 2.30. The number of aryl methyl sites for hydroxylation is 1. The van der Waals surface area contributed by atoms with Gasteiger partial charge >= 0.3 is 6.09 Å². The van der Waals surface area contributed by atoms with Crippen LogP contribution in [0.4, 0.5) is 4.79 Å². The summed E-state index contributed by atoms with van der Waals surface area (Å²) in [5.41, 5.74) is 1.26. The smallest absolute Gasteiger partial charge is 0.408 e. The first-order chi connectivity index (χ1) is 10.2. The Labute approximate surface area is 133 Å². The Kier molecular flexibility index (Phi) is 6.41. The predicted molar refractivity (Wildman–Crippen MR) is 87.7 cm³/mol. The van der Waals surface area contributed by atoms with E-state index in [4.69, 9.17) is 4.74 Å². The Morgan fingerprint density at radius 2 is 1.95 bits per heavy atom. The van der Waals surface area contributed by atoms with Crippen LogP contribution >= 0.6 is 0 Å². The molecule has 0 radical (unpaired) electrons. The number of hydrogen-bond donors (Lipinski definition) is 3. The van der Waals surface area contributed by atoms with Gasteiger partial charge in [-0.3, -0.25) is 0 Å². The number of carbonyl (C=O) groups is 1. The van der Waals surface area contributed by atoms with E-state index in [1.807, 2.05) is 27.7 Å². The third kappa shape index (κ3) is 5.67. The van der Waals surface area contributed by atoms with Crippen LogP contribution in [-0.2, 0) is 11.3 Å². The van der Waals surface area contributed by atoms with Gasteiger partial charge in [-0.2, -0.15) is 0 Å². The zero-order valence-corrected chi connectivity index (χ0v) is 14.7. The van der Waals surface area contributed by atoms with Crippen LogP contribution in [0.15, 0.2) is 6.33 Å². The van der Waals surface area contributed by atoms with Crippen molar-refractivity contribution in [2.45, 2.75) is 72.1 Å². The van der Waals surface area contributed by atoms with Gasteiger partial charge in [0.15, 0.2) is 0 Å². The summed E-state index contributed by atoms with van der Waals surface area (Å²) in [7, 11) is 0. The average molecular weight is 310 g/mol. The second-order valence-electron chi connectivity index (χ2n) is 6.69. The number of rotatable bonds is 7. The standard InChI is InChI=1S/C16H30N4O2/c1-7-16(8-2,20-14(21)22-15(4,5)6)10-17-9-13-12(3)18-11-19-13/h11,17H,7-10H2,1-6H3,(H,18,19)(H,20,21). The SMILES string of the molecule is CCC(CC)(CNCc1nc[nH]c1C)NC(=O)OC(C)(C)C. The number of amides is 1. The van der Waals surface area contributed by atoms with Crippen LogP contribution in [0.25, 0.3) is 0 Å². The van der Waals surface area contributed by atoms with E-state index in [1.54, 1.807) is 6.33 Å². The normalized spacial score (nSPS) is 12.3. The lowest BCUT2D eigenvalue weighted by Crippen LogP contribution is -2.55. The van der Waals surface area contributed by atoms with Crippen LogP contribution in [0.3, 0.4) is 0 Å². The maximum Gasteiger partial charge on any atom is 0.408 e. The van der Waals surface area contributed by atoms with Gasteiger partial charge in [0.2, 0.25) is 0 Å². The van der Waals surface area contributed by atoms with Crippen LogP contribution in [0, 0.1) is 6.92 Å². The van der Waals surface area contributed by atoms with Gasteiger partial charge in [0, 0.05) is 18.8 Å². The van der Waals surface area contributed by atoms with Crippen molar-refractivity contribution in [2.75, 3.05) is 6.54 Å². The van der Waals surface area contributed by atoms with Gasteiger partial charge in [-0.05, 0) is 40.5 Å². The first kappa shape index (κ1) is 18.5. The number of nitrogens with one attached hydrogen (secondary N) is 3. The maximum atomic E-state index is 12.1. The van der Waals surface area contributed by atoms with Crippen LogP contribution in [0.1, 0.15) is 58.8 Å². The van der Waals surface area contributed by atoms with Crippen LogP contribution in [0.2, 0.25) is 0 Å². The highest BCUT2D eigenvalue weighted by Crippen LogP contribution is 2.16. The van der Waals surface area contributed by atoms with Crippen molar-refractivity contribution in [3.8, 4) is 0 Å². The predicted octanol–water partition coefficient (Wildman–Crippen LogP) is 2.89. The molecule has 0 aliphatic heterocycles. The summed E-state index contributed by atoms with van der Waals surface area (Å²) in [5.74, 6) is 0. The van der Waals surface area contributed by atoms with Gasteiger partial charge in [-0.25, -0.2) is 9.78 Å². The molecule has 0 aromatic carbocycles. The quantitative estimate of drug-likeness (QED) is 0.723. The van der Waals surface area contributed by atoms with E-state index in [0.717, 1.165) is 24.2 Å². The lowest BCUT2D eigenvalue weighted by Gasteiger charge is -2.34. The van der Waals surface area contributed by atoms with Crippen molar-refractivity contribution in [1.29, 1.82) is 0 Å². The van der Waals surface area contributed by atoms with Gasteiger partial charge in [0.05, 0.1) is 17.6 Å². The van der Waals surface area contributed by atoms with E-state index in [9.17, 15) is 4.79 Å². The molecular formula is C16H30N4O2. The number of nitrogens with zero attached hydrogens (tertiary/aromatic N) is 1. The molecule has 0 aliphatic rings. The Balaban J connectivity index is 2.58. The third-order valence-corrected chi connectivity index (χ3v) is 3.81. The molecule has 3 N–H and O–H groups in total. The number of carbonyl (C=O) groups excluding carboxylic acids is 1. The van der Waals surface area contributed by atoms with E-state index in [2.05, 4.69) is 34.4 Å². The maximum absolute atomic E-state index is 12.1. The van der Waals surface area contributed by atoms with Gasteiger partial charge in [0.1, 0.15) is 5.60 Å². The van der Waals surface area contributed by atoms with E-state index >= 15 is 0 Å². The second-order valence-corrected chi connectivity index (χ2v) is 6.69. The summed E-state index contributed by atoms with van der Waals surface area (Å²) in [4.78, 5) is 19.4.